The molecule has 2 heterocycles. The summed E-state index contributed by atoms with van der Waals surface area (Å²) < 4.78 is 0. The van der Waals surface area contributed by atoms with Crippen LogP contribution in [0.3, 0.4) is 0 Å². The molecule has 0 aliphatic carbocycles. The Morgan fingerprint density at radius 2 is 1.85 bits per heavy atom. The number of hydrogen-bond acceptors (Lipinski definition) is 4. The molecule has 2 aromatic carbocycles. The van der Waals surface area contributed by atoms with Crippen LogP contribution in [0.25, 0.3) is 11.1 Å². The van der Waals surface area contributed by atoms with Gasteiger partial charge in [-0.15, -0.1) is 0 Å². The number of benzene rings is 2. The quantitative estimate of drug-likeness (QED) is 0.793. The minimum Gasteiger partial charge on any atom is -0.377 e. The van der Waals surface area contributed by atoms with Crippen molar-refractivity contribution in [2.45, 2.75) is 0 Å². The summed E-state index contributed by atoms with van der Waals surface area (Å²) in [5.41, 5.74) is 5.91. The van der Waals surface area contributed by atoms with Gasteiger partial charge in [0.1, 0.15) is 0 Å². The van der Waals surface area contributed by atoms with Crippen molar-refractivity contribution in [3.05, 3.63) is 48.0 Å². The summed E-state index contributed by atoms with van der Waals surface area (Å²) in [6, 6.07) is 14.8. The molecule has 4 nitrogen and oxygen atoms in total. The molecule has 0 unspecified atom stereocenters. The van der Waals surface area contributed by atoms with Gasteiger partial charge in [-0.25, -0.2) is 0 Å². The standard InChI is InChI=1S/C16H15N3O/c1-18(2)14-9-5-7-12-11-6-3-4-8-13(11)19-10-20-17-16(19)15(12)14/h3-9H,10H2,1-2H3. The second-order valence-corrected chi connectivity index (χ2v) is 5.21. The van der Waals surface area contributed by atoms with Gasteiger partial charge in [-0.1, -0.05) is 35.5 Å². The maximum atomic E-state index is 5.34. The molecule has 0 fully saturated rings. The minimum absolute atomic E-state index is 0.480. The number of anilines is 2. The number of amidine groups is 1. The fourth-order valence-corrected chi connectivity index (χ4v) is 2.93. The van der Waals surface area contributed by atoms with Crippen LogP contribution in [0.2, 0.25) is 0 Å². The Bertz CT molecular complexity index is 721. The van der Waals surface area contributed by atoms with Crippen LogP contribution in [0.4, 0.5) is 11.4 Å². The first-order valence-electron chi connectivity index (χ1n) is 6.65. The molecule has 0 saturated carbocycles. The average molecular weight is 265 g/mol. The van der Waals surface area contributed by atoms with E-state index in [2.05, 4.69) is 71.5 Å². The maximum absolute atomic E-state index is 5.34. The normalized spacial score (nSPS) is 14.9. The molecule has 0 saturated heterocycles. The summed E-state index contributed by atoms with van der Waals surface area (Å²) in [6.45, 7) is 0.480. The highest BCUT2D eigenvalue weighted by Gasteiger charge is 2.33. The van der Waals surface area contributed by atoms with Gasteiger partial charge in [0.05, 0.1) is 11.3 Å². The van der Waals surface area contributed by atoms with Gasteiger partial charge >= 0.3 is 0 Å². The average Bonchev–Trinajstić information content (AvgIpc) is 2.96. The van der Waals surface area contributed by atoms with Crippen LogP contribution in [0.1, 0.15) is 5.56 Å². The third kappa shape index (κ3) is 1.39. The minimum atomic E-state index is 0.480. The SMILES string of the molecule is CN(C)c1cccc2c1C1=NOCN1c1ccccc1-2. The van der Waals surface area contributed by atoms with E-state index < -0.39 is 0 Å². The fraction of sp³-hybridized carbons (Fsp3) is 0.188. The Morgan fingerprint density at radius 3 is 2.70 bits per heavy atom. The topological polar surface area (TPSA) is 28.1 Å². The molecule has 2 aromatic rings. The summed E-state index contributed by atoms with van der Waals surface area (Å²) in [7, 11) is 4.10. The Kier molecular flexibility index (Phi) is 2.27. The second kappa shape index (κ2) is 4.00. The predicted octanol–water partition coefficient (Wildman–Crippen LogP) is 2.89. The number of oxime groups is 1. The van der Waals surface area contributed by atoms with E-state index >= 15 is 0 Å². The predicted molar refractivity (Wildman–Crippen MR) is 81.2 cm³/mol. The molecule has 100 valence electrons. The molecule has 0 N–H and O–H groups in total. The fourth-order valence-electron chi connectivity index (χ4n) is 2.93. The Hall–Kier alpha value is -2.49. The van der Waals surface area contributed by atoms with Gasteiger partial charge < -0.3 is 9.74 Å². The number of rotatable bonds is 1. The van der Waals surface area contributed by atoms with Crippen molar-refractivity contribution >= 4 is 17.2 Å². The zero-order chi connectivity index (χ0) is 13.7. The first-order valence-corrected chi connectivity index (χ1v) is 6.65. The number of nitrogens with zero attached hydrogens (tertiary/aromatic N) is 3. The summed E-state index contributed by atoms with van der Waals surface area (Å²) >= 11 is 0. The lowest BCUT2D eigenvalue weighted by Crippen LogP contribution is -2.33. The van der Waals surface area contributed by atoms with Crippen LogP contribution in [-0.4, -0.2) is 26.7 Å². The second-order valence-electron chi connectivity index (χ2n) is 5.21. The molecule has 0 spiro atoms. The lowest BCUT2D eigenvalue weighted by molar-refractivity contribution is 0.174. The maximum Gasteiger partial charge on any atom is 0.195 e. The largest absolute Gasteiger partial charge is 0.377 e. The van der Waals surface area contributed by atoms with Gasteiger partial charge in [0, 0.05) is 25.3 Å². The van der Waals surface area contributed by atoms with Crippen molar-refractivity contribution in [3.63, 3.8) is 0 Å². The monoisotopic (exact) mass is 265 g/mol. The van der Waals surface area contributed by atoms with E-state index in [4.69, 9.17) is 4.84 Å². The lowest BCUT2D eigenvalue weighted by atomic mass is 9.91. The van der Waals surface area contributed by atoms with Crippen molar-refractivity contribution < 1.29 is 4.84 Å². The molecular weight excluding hydrogens is 250 g/mol. The van der Waals surface area contributed by atoms with Crippen LogP contribution in [0.15, 0.2) is 47.6 Å². The molecule has 0 atom stereocenters. The first kappa shape index (κ1) is 11.3. The third-order valence-corrected chi connectivity index (χ3v) is 3.83. The lowest BCUT2D eigenvalue weighted by Gasteiger charge is -2.30. The molecule has 0 bridgehead atoms. The molecule has 4 rings (SSSR count). The van der Waals surface area contributed by atoms with E-state index in [0.29, 0.717) is 6.73 Å². The van der Waals surface area contributed by atoms with E-state index in [9.17, 15) is 0 Å². The van der Waals surface area contributed by atoms with E-state index in [1.54, 1.807) is 0 Å². The van der Waals surface area contributed by atoms with Crippen molar-refractivity contribution in [2.24, 2.45) is 5.16 Å². The molecule has 2 aliphatic heterocycles. The van der Waals surface area contributed by atoms with Crippen molar-refractivity contribution in [2.75, 3.05) is 30.6 Å². The summed E-state index contributed by atoms with van der Waals surface area (Å²) in [5.74, 6) is 0.906. The van der Waals surface area contributed by atoms with Crippen molar-refractivity contribution in [3.8, 4) is 11.1 Å². The Labute approximate surface area is 117 Å². The van der Waals surface area contributed by atoms with Gasteiger partial charge in [0.2, 0.25) is 0 Å². The molecule has 0 radical (unpaired) electrons. The zero-order valence-corrected chi connectivity index (χ0v) is 11.5. The van der Waals surface area contributed by atoms with Gasteiger partial charge in [-0.05, 0) is 17.7 Å². The van der Waals surface area contributed by atoms with Gasteiger partial charge in [-0.2, -0.15) is 0 Å². The Morgan fingerprint density at radius 1 is 1.05 bits per heavy atom. The summed E-state index contributed by atoms with van der Waals surface area (Å²) in [5, 5.41) is 4.26. The number of fused-ring (bicyclic) bond motifs is 6. The van der Waals surface area contributed by atoms with Crippen molar-refractivity contribution in [1.29, 1.82) is 0 Å². The van der Waals surface area contributed by atoms with Crippen LogP contribution >= 0.6 is 0 Å². The highest BCUT2D eigenvalue weighted by atomic mass is 16.7. The number of hydrogen-bond donors (Lipinski definition) is 0. The van der Waals surface area contributed by atoms with E-state index in [1.807, 2.05) is 0 Å². The molecular formula is C16H15N3O. The smallest absolute Gasteiger partial charge is 0.195 e. The van der Waals surface area contributed by atoms with E-state index in [-0.39, 0.29) is 0 Å². The van der Waals surface area contributed by atoms with Crippen LogP contribution in [0, 0.1) is 0 Å². The van der Waals surface area contributed by atoms with Gasteiger partial charge in [0.15, 0.2) is 12.6 Å². The zero-order valence-electron chi connectivity index (χ0n) is 11.5. The highest BCUT2D eigenvalue weighted by molar-refractivity contribution is 6.22. The highest BCUT2D eigenvalue weighted by Crippen LogP contribution is 2.43. The molecule has 20 heavy (non-hydrogen) atoms. The molecule has 2 aliphatic rings. The van der Waals surface area contributed by atoms with Gasteiger partial charge in [-0.3, -0.25) is 4.90 Å². The molecule has 0 aromatic heterocycles. The Balaban J connectivity index is 2.08. The van der Waals surface area contributed by atoms with Crippen molar-refractivity contribution in [1.82, 2.24) is 0 Å². The van der Waals surface area contributed by atoms with Gasteiger partial charge in [0.25, 0.3) is 0 Å². The molecule has 4 heteroatoms. The summed E-state index contributed by atoms with van der Waals surface area (Å²) in [4.78, 5) is 9.58. The third-order valence-electron chi connectivity index (χ3n) is 3.83. The number of para-hydroxylation sites is 1. The van der Waals surface area contributed by atoms with Crippen LogP contribution in [0.5, 0.6) is 0 Å². The first-order chi connectivity index (χ1) is 9.77. The van der Waals surface area contributed by atoms with E-state index in [1.165, 1.54) is 11.1 Å². The van der Waals surface area contributed by atoms with Crippen LogP contribution in [-0.2, 0) is 4.84 Å². The van der Waals surface area contributed by atoms with E-state index in [0.717, 1.165) is 22.8 Å². The summed E-state index contributed by atoms with van der Waals surface area (Å²) in [6.07, 6.45) is 0. The van der Waals surface area contributed by atoms with Crippen LogP contribution < -0.4 is 9.80 Å². The molecule has 0 amide bonds.